The summed E-state index contributed by atoms with van der Waals surface area (Å²) >= 11 is 0. The molecule has 0 radical (unpaired) electrons. The van der Waals surface area contributed by atoms with Gasteiger partial charge in [0.1, 0.15) is 0 Å². The molecule has 2 atom stereocenters. The van der Waals surface area contributed by atoms with Gasteiger partial charge < -0.3 is 5.32 Å². The fraction of sp³-hybridized carbons (Fsp3) is 0.667. The standard InChI is InChI=1S/C18H29N/c1-3-4-5-6-11-18(19-2)17-13-12-15-9-7-8-10-16(15)14-17/h7-10,17-19H,3-6,11-14H2,1-2H3. The molecule has 1 aromatic carbocycles. The second-order valence-electron chi connectivity index (χ2n) is 6.02. The number of unbranched alkanes of at least 4 members (excludes halogenated alkanes) is 3. The van der Waals surface area contributed by atoms with E-state index in [9.17, 15) is 0 Å². The Morgan fingerprint density at radius 1 is 1.16 bits per heavy atom. The second kappa shape index (κ2) is 7.69. The van der Waals surface area contributed by atoms with Gasteiger partial charge in [-0.15, -0.1) is 0 Å². The van der Waals surface area contributed by atoms with E-state index in [2.05, 4.69) is 43.6 Å². The maximum atomic E-state index is 3.58. The number of nitrogens with one attached hydrogen (secondary N) is 1. The van der Waals surface area contributed by atoms with Crippen molar-refractivity contribution in [2.75, 3.05) is 7.05 Å². The molecule has 1 aromatic rings. The van der Waals surface area contributed by atoms with Crippen LogP contribution in [0, 0.1) is 5.92 Å². The first kappa shape index (κ1) is 14.6. The Morgan fingerprint density at radius 3 is 2.68 bits per heavy atom. The summed E-state index contributed by atoms with van der Waals surface area (Å²) in [5, 5.41) is 3.58. The molecule has 19 heavy (non-hydrogen) atoms. The van der Waals surface area contributed by atoms with Crippen molar-refractivity contribution in [3.8, 4) is 0 Å². The van der Waals surface area contributed by atoms with Gasteiger partial charge >= 0.3 is 0 Å². The molecule has 0 saturated carbocycles. The van der Waals surface area contributed by atoms with Crippen LogP contribution in [0.3, 0.4) is 0 Å². The Morgan fingerprint density at radius 2 is 1.95 bits per heavy atom. The molecular weight excluding hydrogens is 230 g/mol. The summed E-state index contributed by atoms with van der Waals surface area (Å²) in [7, 11) is 2.14. The van der Waals surface area contributed by atoms with E-state index in [4.69, 9.17) is 0 Å². The number of hydrogen-bond donors (Lipinski definition) is 1. The smallest absolute Gasteiger partial charge is 0.00956 e. The first-order chi connectivity index (χ1) is 9.35. The highest BCUT2D eigenvalue weighted by Gasteiger charge is 2.24. The van der Waals surface area contributed by atoms with Gasteiger partial charge in [0, 0.05) is 6.04 Å². The van der Waals surface area contributed by atoms with Crippen molar-refractivity contribution in [3.63, 3.8) is 0 Å². The fourth-order valence-corrected chi connectivity index (χ4v) is 3.48. The largest absolute Gasteiger partial charge is 0.317 e. The van der Waals surface area contributed by atoms with Crippen LogP contribution in [0.5, 0.6) is 0 Å². The maximum Gasteiger partial charge on any atom is 0.00956 e. The van der Waals surface area contributed by atoms with E-state index in [1.807, 2.05) is 0 Å². The molecular formula is C18H29N. The van der Waals surface area contributed by atoms with E-state index in [1.54, 1.807) is 11.1 Å². The van der Waals surface area contributed by atoms with Crippen LogP contribution >= 0.6 is 0 Å². The van der Waals surface area contributed by atoms with Gasteiger partial charge in [0.05, 0.1) is 0 Å². The van der Waals surface area contributed by atoms with E-state index >= 15 is 0 Å². The number of hydrogen-bond acceptors (Lipinski definition) is 1. The predicted octanol–water partition coefficient (Wildman–Crippen LogP) is 4.35. The number of rotatable bonds is 7. The number of benzene rings is 1. The minimum atomic E-state index is 0.713. The Hall–Kier alpha value is -0.820. The summed E-state index contributed by atoms with van der Waals surface area (Å²) in [5.41, 5.74) is 3.17. The van der Waals surface area contributed by atoms with E-state index in [-0.39, 0.29) is 0 Å². The molecule has 0 saturated heterocycles. The van der Waals surface area contributed by atoms with Gasteiger partial charge in [-0.25, -0.2) is 0 Å². The highest BCUT2D eigenvalue weighted by Crippen LogP contribution is 2.29. The SMILES string of the molecule is CCCCCCC(NC)C1CCc2ccccc2C1. The average molecular weight is 259 g/mol. The molecule has 1 N–H and O–H groups in total. The molecule has 0 amide bonds. The van der Waals surface area contributed by atoms with Gasteiger partial charge in [0.15, 0.2) is 0 Å². The lowest BCUT2D eigenvalue weighted by Gasteiger charge is -2.31. The zero-order valence-electron chi connectivity index (χ0n) is 12.6. The third-order valence-corrected chi connectivity index (χ3v) is 4.69. The monoisotopic (exact) mass is 259 g/mol. The second-order valence-corrected chi connectivity index (χ2v) is 6.02. The quantitative estimate of drug-likeness (QED) is 0.718. The van der Waals surface area contributed by atoms with Crippen LogP contribution in [0.4, 0.5) is 0 Å². The minimum absolute atomic E-state index is 0.713. The molecule has 2 rings (SSSR count). The summed E-state index contributed by atoms with van der Waals surface area (Å²) in [5.74, 6) is 0.835. The van der Waals surface area contributed by atoms with Gasteiger partial charge in [-0.05, 0) is 49.8 Å². The minimum Gasteiger partial charge on any atom is -0.317 e. The highest BCUT2D eigenvalue weighted by atomic mass is 14.9. The molecule has 106 valence electrons. The molecule has 0 spiro atoms. The van der Waals surface area contributed by atoms with Crippen molar-refractivity contribution in [1.82, 2.24) is 5.32 Å². The molecule has 0 fully saturated rings. The van der Waals surface area contributed by atoms with Crippen LogP contribution < -0.4 is 5.32 Å². The molecule has 1 aliphatic carbocycles. The average Bonchev–Trinajstić information content (AvgIpc) is 2.47. The van der Waals surface area contributed by atoms with E-state index < -0.39 is 0 Å². The first-order valence-corrected chi connectivity index (χ1v) is 8.09. The normalized spacial score (nSPS) is 20.0. The Balaban J connectivity index is 1.87. The third-order valence-electron chi connectivity index (χ3n) is 4.69. The van der Waals surface area contributed by atoms with Crippen molar-refractivity contribution >= 4 is 0 Å². The molecule has 1 nitrogen and oxygen atoms in total. The van der Waals surface area contributed by atoms with Crippen LogP contribution in [0.1, 0.15) is 56.6 Å². The Kier molecular flexibility index (Phi) is 5.91. The maximum absolute atomic E-state index is 3.58. The van der Waals surface area contributed by atoms with Gasteiger partial charge in [-0.3, -0.25) is 0 Å². The molecule has 2 unspecified atom stereocenters. The lowest BCUT2D eigenvalue weighted by Crippen LogP contribution is -2.36. The summed E-state index contributed by atoms with van der Waals surface area (Å²) in [4.78, 5) is 0. The molecule has 0 bridgehead atoms. The van der Waals surface area contributed by atoms with Crippen LogP contribution in [0.2, 0.25) is 0 Å². The predicted molar refractivity (Wildman–Crippen MR) is 83.6 cm³/mol. The van der Waals surface area contributed by atoms with Crippen LogP contribution in [-0.2, 0) is 12.8 Å². The van der Waals surface area contributed by atoms with Crippen molar-refractivity contribution in [1.29, 1.82) is 0 Å². The van der Waals surface area contributed by atoms with Gasteiger partial charge in [0.25, 0.3) is 0 Å². The van der Waals surface area contributed by atoms with E-state index in [0.29, 0.717) is 6.04 Å². The van der Waals surface area contributed by atoms with Gasteiger partial charge in [-0.2, -0.15) is 0 Å². The number of fused-ring (bicyclic) bond motifs is 1. The summed E-state index contributed by atoms with van der Waals surface area (Å²) in [6.45, 7) is 2.29. The van der Waals surface area contributed by atoms with E-state index in [1.165, 1.54) is 51.4 Å². The van der Waals surface area contributed by atoms with Crippen LogP contribution in [0.15, 0.2) is 24.3 Å². The molecule has 1 heteroatoms. The molecule has 1 aliphatic rings. The first-order valence-electron chi connectivity index (χ1n) is 8.09. The van der Waals surface area contributed by atoms with Crippen molar-refractivity contribution in [2.45, 2.75) is 64.3 Å². The molecule has 0 heterocycles. The Bertz CT molecular complexity index is 372. The summed E-state index contributed by atoms with van der Waals surface area (Å²) in [6.07, 6.45) is 10.8. The topological polar surface area (TPSA) is 12.0 Å². The van der Waals surface area contributed by atoms with Crippen LogP contribution in [-0.4, -0.2) is 13.1 Å². The van der Waals surface area contributed by atoms with Crippen molar-refractivity contribution in [2.24, 2.45) is 5.92 Å². The Labute approximate surface area is 118 Å². The van der Waals surface area contributed by atoms with Gasteiger partial charge in [-0.1, -0.05) is 56.9 Å². The molecule has 0 aromatic heterocycles. The summed E-state index contributed by atoms with van der Waals surface area (Å²) in [6, 6.07) is 9.72. The van der Waals surface area contributed by atoms with Crippen molar-refractivity contribution < 1.29 is 0 Å². The molecule has 0 aliphatic heterocycles. The lowest BCUT2D eigenvalue weighted by molar-refractivity contribution is 0.312. The zero-order valence-corrected chi connectivity index (χ0v) is 12.6. The fourth-order valence-electron chi connectivity index (χ4n) is 3.48. The van der Waals surface area contributed by atoms with Crippen LogP contribution in [0.25, 0.3) is 0 Å². The van der Waals surface area contributed by atoms with Gasteiger partial charge in [0.2, 0.25) is 0 Å². The van der Waals surface area contributed by atoms with Crippen molar-refractivity contribution in [3.05, 3.63) is 35.4 Å². The van der Waals surface area contributed by atoms with E-state index in [0.717, 1.165) is 5.92 Å². The highest BCUT2D eigenvalue weighted by molar-refractivity contribution is 5.29. The number of aryl methyl sites for hydroxylation is 1. The third kappa shape index (κ3) is 4.07. The summed E-state index contributed by atoms with van der Waals surface area (Å²) < 4.78 is 0. The lowest BCUT2D eigenvalue weighted by atomic mass is 9.78. The zero-order chi connectivity index (χ0) is 13.5.